The lowest BCUT2D eigenvalue weighted by Crippen LogP contribution is -2.41. The number of piperidine rings is 1. The molecule has 1 saturated heterocycles. The lowest BCUT2D eigenvalue weighted by molar-refractivity contribution is -0.139. The third kappa shape index (κ3) is 6.82. The van der Waals surface area contributed by atoms with Gasteiger partial charge in [0.2, 0.25) is 0 Å². The molecule has 1 aromatic heterocycles. The Bertz CT molecular complexity index is 1320. The van der Waals surface area contributed by atoms with E-state index in [1.54, 1.807) is 37.4 Å². The van der Waals surface area contributed by atoms with Crippen molar-refractivity contribution < 1.29 is 23.4 Å². The Morgan fingerprint density at radius 2 is 2.11 bits per heavy atom. The molecule has 4 rings (SSSR count). The topological polar surface area (TPSA) is 88.7 Å². The monoisotopic (exact) mass is 507 g/mol. The third-order valence-corrected chi connectivity index (χ3v) is 7.06. The molecular formula is C29H31F2N3O3. The number of rotatable bonds is 8. The molecule has 0 bridgehead atoms. The van der Waals surface area contributed by atoms with E-state index in [1.165, 1.54) is 18.3 Å². The predicted octanol–water partition coefficient (Wildman–Crippen LogP) is 4.77. The molecule has 6 nitrogen and oxygen atoms in total. The number of methoxy groups -OCH3 is 1. The lowest BCUT2D eigenvalue weighted by Gasteiger charge is -2.37. The molecular weight excluding hydrogens is 476 g/mol. The van der Waals surface area contributed by atoms with Crippen LogP contribution in [0, 0.1) is 35.3 Å². The maximum Gasteiger partial charge on any atom is 0.303 e. The van der Waals surface area contributed by atoms with Crippen molar-refractivity contribution in [2.75, 3.05) is 26.7 Å². The third-order valence-electron chi connectivity index (χ3n) is 7.06. The molecule has 37 heavy (non-hydrogen) atoms. The van der Waals surface area contributed by atoms with Crippen molar-refractivity contribution in [2.45, 2.75) is 31.7 Å². The lowest BCUT2D eigenvalue weighted by atomic mass is 9.79. The smallest absolute Gasteiger partial charge is 0.303 e. The number of nitrogens with two attached hydrogens (primary N) is 1. The van der Waals surface area contributed by atoms with E-state index in [0.29, 0.717) is 53.7 Å². The van der Waals surface area contributed by atoms with Crippen LogP contribution in [0.3, 0.4) is 0 Å². The van der Waals surface area contributed by atoms with E-state index < -0.39 is 17.8 Å². The first-order chi connectivity index (χ1) is 17.8. The average Bonchev–Trinajstić information content (AvgIpc) is 2.87. The number of carboxylic acids is 1. The molecule has 194 valence electrons. The van der Waals surface area contributed by atoms with Gasteiger partial charge < -0.3 is 15.6 Å². The number of aromatic nitrogens is 1. The second kappa shape index (κ2) is 12.1. The fraction of sp³-hybridized carbons (Fsp3) is 0.379. The molecule has 3 atom stereocenters. The van der Waals surface area contributed by atoms with Crippen molar-refractivity contribution in [3.8, 4) is 17.6 Å². The quantitative estimate of drug-likeness (QED) is 0.427. The van der Waals surface area contributed by atoms with Gasteiger partial charge in [-0.25, -0.2) is 8.78 Å². The maximum atomic E-state index is 14.8. The molecule has 2 aromatic carbocycles. The molecule has 1 fully saturated rings. The van der Waals surface area contributed by atoms with Crippen LogP contribution >= 0.6 is 0 Å². The Labute approximate surface area is 215 Å². The van der Waals surface area contributed by atoms with Gasteiger partial charge in [-0.1, -0.05) is 17.9 Å². The van der Waals surface area contributed by atoms with Gasteiger partial charge in [0, 0.05) is 35.5 Å². The highest BCUT2D eigenvalue weighted by atomic mass is 19.1. The molecule has 0 saturated carbocycles. The number of ether oxygens (including phenoxy) is 1. The van der Waals surface area contributed by atoms with Crippen LogP contribution in [0.5, 0.6) is 5.75 Å². The summed E-state index contributed by atoms with van der Waals surface area (Å²) in [5.74, 6) is 5.11. The van der Waals surface area contributed by atoms with E-state index >= 15 is 0 Å². The Morgan fingerprint density at radius 3 is 2.86 bits per heavy atom. The van der Waals surface area contributed by atoms with Gasteiger partial charge in [0.1, 0.15) is 17.4 Å². The number of likely N-dealkylation sites (tertiary alicyclic amines) is 1. The SMILES string of the molecule is COc1ccc2ncc(F)c(C(N)CCC3CCN(CC#Cc4cccc(F)c4)CC3CC(=O)O)c2c1. The van der Waals surface area contributed by atoms with Crippen LogP contribution in [-0.4, -0.2) is 47.7 Å². The Morgan fingerprint density at radius 1 is 1.27 bits per heavy atom. The van der Waals surface area contributed by atoms with Crippen molar-refractivity contribution in [1.82, 2.24) is 9.88 Å². The summed E-state index contributed by atoms with van der Waals surface area (Å²) in [7, 11) is 1.55. The summed E-state index contributed by atoms with van der Waals surface area (Å²) in [6.45, 7) is 1.86. The van der Waals surface area contributed by atoms with Crippen molar-refractivity contribution in [3.63, 3.8) is 0 Å². The first kappa shape index (κ1) is 26.5. The van der Waals surface area contributed by atoms with E-state index in [4.69, 9.17) is 10.5 Å². The maximum absolute atomic E-state index is 14.8. The van der Waals surface area contributed by atoms with Gasteiger partial charge in [-0.3, -0.25) is 14.7 Å². The molecule has 0 amide bonds. The van der Waals surface area contributed by atoms with E-state index in [1.807, 2.05) is 0 Å². The summed E-state index contributed by atoms with van der Waals surface area (Å²) < 4.78 is 33.5. The Hall–Kier alpha value is -3.54. The predicted molar refractivity (Wildman–Crippen MR) is 138 cm³/mol. The zero-order valence-corrected chi connectivity index (χ0v) is 20.8. The largest absolute Gasteiger partial charge is 0.497 e. The standard InChI is InChI=1S/C29H31F2N3O3/c1-37-23-8-10-27-24(16-23)29(25(31)17-33-27)26(32)9-7-20-11-13-34(18-21(20)15-28(35)36)12-3-5-19-4-2-6-22(30)14-19/h2,4,6,8,10,14,16-17,20-21,26H,7,9,11-13,15,18,32H2,1H3,(H,35,36). The molecule has 8 heteroatoms. The first-order valence-corrected chi connectivity index (χ1v) is 12.4. The van der Waals surface area contributed by atoms with Crippen molar-refractivity contribution in [1.29, 1.82) is 0 Å². The van der Waals surface area contributed by atoms with Crippen LogP contribution in [0.4, 0.5) is 8.78 Å². The summed E-state index contributed by atoms with van der Waals surface area (Å²) in [5.41, 5.74) is 8.16. The molecule has 1 aliphatic heterocycles. The van der Waals surface area contributed by atoms with Gasteiger partial charge >= 0.3 is 5.97 Å². The summed E-state index contributed by atoms with van der Waals surface area (Å²) >= 11 is 0. The number of nitrogens with zero attached hydrogens (tertiary/aromatic N) is 2. The zero-order chi connectivity index (χ0) is 26.4. The molecule has 2 heterocycles. The molecule has 3 N–H and O–H groups in total. The number of hydrogen-bond donors (Lipinski definition) is 2. The molecule has 3 unspecified atom stereocenters. The zero-order valence-electron chi connectivity index (χ0n) is 20.8. The first-order valence-electron chi connectivity index (χ1n) is 12.4. The Kier molecular flexibility index (Phi) is 8.70. The molecule has 3 aromatic rings. The van der Waals surface area contributed by atoms with Gasteiger partial charge in [0.25, 0.3) is 0 Å². The van der Waals surface area contributed by atoms with Crippen LogP contribution in [-0.2, 0) is 4.79 Å². The number of aliphatic carboxylic acids is 1. The minimum Gasteiger partial charge on any atom is -0.497 e. The highest BCUT2D eigenvalue weighted by molar-refractivity contribution is 5.84. The number of carbonyl (C=O) groups is 1. The average molecular weight is 508 g/mol. The van der Waals surface area contributed by atoms with Crippen LogP contribution in [0.1, 0.15) is 42.9 Å². The van der Waals surface area contributed by atoms with E-state index in [9.17, 15) is 18.7 Å². The normalized spacial score (nSPS) is 18.7. The number of benzene rings is 2. The fourth-order valence-corrected chi connectivity index (χ4v) is 5.16. The molecule has 1 aliphatic rings. The van der Waals surface area contributed by atoms with Crippen LogP contribution in [0.25, 0.3) is 10.9 Å². The number of hydrogen-bond acceptors (Lipinski definition) is 5. The Balaban J connectivity index is 1.42. The summed E-state index contributed by atoms with van der Waals surface area (Å²) in [6.07, 6.45) is 3.26. The second-order valence-electron chi connectivity index (χ2n) is 9.54. The highest BCUT2D eigenvalue weighted by Crippen LogP contribution is 2.35. The van der Waals surface area contributed by atoms with Gasteiger partial charge in [0.15, 0.2) is 0 Å². The van der Waals surface area contributed by atoms with Crippen LogP contribution in [0.2, 0.25) is 0 Å². The van der Waals surface area contributed by atoms with Gasteiger partial charge in [-0.15, -0.1) is 0 Å². The van der Waals surface area contributed by atoms with E-state index in [-0.39, 0.29) is 24.1 Å². The molecule has 0 spiro atoms. The van der Waals surface area contributed by atoms with Gasteiger partial charge in [-0.2, -0.15) is 0 Å². The highest BCUT2D eigenvalue weighted by Gasteiger charge is 2.31. The van der Waals surface area contributed by atoms with Gasteiger partial charge in [-0.05, 0) is 74.0 Å². The number of pyridine rings is 1. The van der Waals surface area contributed by atoms with Crippen LogP contribution in [0.15, 0.2) is 48.7 Å². The summed E-state index contributed by atoms with van der Waals surface area (Å²) in [6, 6.07) is 10.9. The van der Waals surface area contributed by atoms with Gasteiger partial charge in [0.05, 0.1) is 25.4 Å². The van der Waals surface area contributed by atoms with Crippen molar-refractivity contribution >= 4 is 16.9 Å². The van der Waals surface area contributed by atoms with Crippen LogP contribution < -0.4 is 10.5 Å². The molecule has 0 radical (unpaired) electrons. The van der Waals surface area contributed by atoms with Crippen molar-refractivity contribution in [2.24, 2.45) is 17.6 Å². The van der Waals surface area contributed by atoms with E-state index in [2.05, 4.69) is 21.7 Å². The minimum absolute atomic E-state index is 0.0531. The van der Waals surface area contributed by atoms with Crippen molar-refractivity contribution in [3.05, 3.63) is 71.4 Å². The number of carboxylic acid groups (broad SMARTS) is 1. The van der Waals surface area contributed by atoms with E-state index in [0.717, 1.165) is 13.0 Å². The fourth-order valence-electron chi connectivity index (χ4n) is 5.16. The summed E-state index contributed by atoms with van der Waals surface area (Å²) in [4.78, 5) is 17.9. The molecule has 0 aliphatic carbocycles. The second-order valence-corrected chi connectivity index (χ2v) is 9.54. The number of fused-ring (bicyclic) bond motifs is 1. The summed E-state index contributed by atoms with van der Waals surface area (Å²) in [5, 5.41) is 10.1. The number of halogens is 2. The minimum atomic E-state index is -0.842.